The van der Waals surface area contributed by atoms with Crippen LogP contribution in [0.5, 0.6) is 0 Å². The topological polar surface area (TPSA) is 32.3 Å². The molecule has 0 radical (unpaired) electrons. The van der Waals surface area contributed by atoms with Crippen LogP contribution in [0.1, 0.15) is 21.7 Å². The van der Waals surface area contributed by atoms with Crippen LogP contribution in [-0.2, 0) is 4.79 Å². The number of hydrogen-bond donors (Lipinski definition) is 1. The molecule has 1 amide bonds. The van der Waals surface area contributed by atoms with Crippen molar-refractivity contribution in [3.05, 3.63) is 12.2 Å². The van der Waals surface area contributed by atoms with Gasteiger partial charge in [0.1, 0.15) is 0 Å². The van der Waals surface area contributed by atoms with Crippen molar-refractivity contribution in [2.75, 3.05) is 27.7 Å². The minimum atomic E-state index is -0.0538. The highest BCUT2D eigenvalue weighted by atomic mass is 16.1. The minimum Gasteiger partial charge on any atom is -0.356 e. The average molecular weight is 188 g/mol. The smallest absolute Gasteiger partial charge is 0.243 e. The Bertz CT molecular complexity index is 147. The third-order valence-corrected chi connectivity index (χ3v) is 0.986. The molecule has 3 heteroatoms. The molecule has 0 aromatic rings. The highest BCUT2D eigenvalue weighted by Gasteiger charge is 1.87. The van der Waals surface area contributed by atoms with Gasteiger partial charge in [-0.1, -0.05) is 26.3 Å². The van der Waals surface area contributed by atoms with Gasteiger partial charge in [0.2, 0.25) is 5.91 Å². The van der Waals surface area contributed by atoms with Crippen LogP contribution in [0.25, 0.3) is 0 Å². The van der Waals surface area contributed by atoms with Crippen molar-refractivity contribution in [3.63, 3.8) is 0 Å². The van der Waals surface area contributed by atoms with Crippen molar-refractivity contribution in [3.8, 4) is 0 Å². The first-order chi connectivity index (χ1) is 6.08. The van der Waals surface area contributed by atoms with Crippen molar-refractivity contribution in [1.82, 2.24) is 10.2 Å². The number of nitrogens with one attached hydrogen (secondary N) is 1. The largest absolute Gasteiger partial charge is 0.356 e. The molecule has 0 spiro atoms. The van der Waals surface area contributed by atoms with E-state index in [2.05, 4.69) is 19.2 Å². The van der Waals surface area contributed by atoms with E-state index in [0.29, 0.717) is 0 Å². The van der Waals surface area contributed by atoms with E-state index in [0.717, 1.165) is 6.54 Å². The Morgan fingerprint density at radius 2 is 1.92 bits per heavy atom. The zero-order valence-corrected chi connectivity index (χ0v) is 9.42. The van der Waals surface area contributed by atoms with E-state index in [1.165, 1.54) is 12.5 Å². The number of rotatable bonds is 3. The lowest BCUT2D eigenvalue weighted by Crippen LogP contribution is -2.16. The van der Waals surface area contributed by atoms with E-state index in [1.54, 1.807) is 7.05 Å². The van der Waals surface area contributed by atoms with Crippen LogP contribution in [-0.4, -0.2) is 38.5 Å². The molecule has 0 rings (SSSR count). The van der Waals surface area contributed by atoms with Gasteiger partial charge in [-0.25, -0.2) is 0 Å². The maximum Gasteiger partial charge on any atom is 0.243 e. The highest BCUT2D eigenvalue weighted by molar-refractivity contribution is 5.87. The van der Waals surface area contributed by atoms with Gasteiger partial charge in [-0.05, 0) is 14.1 Å². The SMILES string of the molecule is CCC.CNC(=O)/C=C/CN(C)C.[HH]. The van der Waals surface area contributed by atoms with E-state index in [4.69, 9.17) is 0 Å². The summed E-state index contributed by atoms with van der Waals surface area (Å²) in [5.41, 5.74) is 0. The Hall–Kier alpha value is -0.830. The third-order valence-electron chi connectivity index (χ3n) is 0.986. The Morgan fingerprint density at radius 3 is 2.23 bits per heavy atom. The van der Waals surface area contributed by atoms with Crippen LogP contribution in [0.15, 0.2) is 12.2 Å². The second-order valence-electron chi connectivity index (χ2n) is 2.99. The summed E-state index contributed by atoms with van der Waals surface area (Å²) in [6, 6.07) is 0. The monoisotopic (exact) mass is 188 g/mol. The Labute approximate surface area is 83.3 Å². The molecular formula is C10H24N2O. The predicted octanol–water partition coefficient (Wildman–Crippen LogP) is 1.51. The fourth-order valence-electron chi connectivity index (χ4n) is 0.454. The van der Waals surface area contributed by atoms with E-state index in [-0.39, 0.29) is 7.33 Å². The summed E-state index contributed by atoms with van der Waals surface area (Å²) in [7, 11) is 5.52. The molecule has 80 valence electrons. The molecule has 0 aliphatic rings. The van der Waals surface area contributed by atoms with E-state index in [1.807, 2.05) is 25.1 Å². The van der Waals surface area contributed by atoms with E-state index < -0.39 is 0 Å². The summed E-state index contributed by atoms with van der Waals surface area (Å²) in [6.45, 7) is 5.05. The molecule has 0 aliphatic heterocycles. The predicted molar refractivity (Wildman–Crippen MR) is 59.8 cm³/mol. The van der Waals surface area contributed by atoms with Gasteiger partial charge in [0, 0.05) is 21.1 Å². The lowest BCUT2D eigenvalue weighted by Gasteiger charge is -2.02. The summed E-state index contributed by atoms with van der Waals surface area (Å²) in [4.78, 5) is 12.6. The molecule has 3 nitrogen and oxygen atoms in total. The van der Waals surface area contributed by atoms with Gasteiger partial charge in [-0.3, -0.25) is 4.79 Å². The lowest BCUT2D eigenvalue weighted by molar-refractivity contribution is -0.116. The van der Waals surface area contributed by atoms with Crippen LogP contribution in [0.2, 0.25) is 0 Å². The van der Waals surface area contributed by atoms with Gasteiger partial charge >= 0.3 is 0 Å². The molecule has 0 fully saturated rings. The first-order valence-corrected chi connectivity index (χ1v) is 4.61. The van der Waals surface area contributed by atoms with Crippen LogP contribution >= 0.6 is 0 Å². The van der Waals surface area contributed by atoms with Crippen LogP contribution in [0.4, 0.5) is 0 Å². The number of nitrogens with zero attached hydrogens (tertiary/aromatic N) is 1. The van der Waals surface area contributed by atoms with Crippen LogP contribution < -0.4 is 5.32 Å². The van der Waals surface area contributed by atoms with Crippen molar-refractivity contribution in [2.45, 2.75) is 20.3 Å². The molecule has 0 atom stereocenters. The second-order valence-corrected chi connectivity index (χ2v) is 2.99. The first-order valence-electron chi connectivity index (χ1n) is 4.61. The molecule has 1 N–H and O–H groups in total. The zero-order valence-electron chi connectivity index (χ0n) is 9.42. The standard InChI is InChI=1S/C7H14N2O.C3H8.H2/c1-8-7(10)5-4-6-9(2)3;1-3-2;/h4-5H,6H2,1-3H3,(H,8,10);3H2,1-2H3;1H/b5-4+;;. The van der Waals surface area contributed by atoms with Crippen molar-refractivity contribution in [2.24, 2.45) is 0 Å². The number of likely N-dealkylation sites (N-methyl/N-ethyl adjacent to an activating group) is 2. The van der Waals surface area contributed by atoms with Crippen LogP contribution in [0, 0.1) is 0 Å². The van der Waals surface area contributed by atoms with E-state index >= 15 is 0 Å². The summed E-state index contributed by atoms with van der Waals surface area (Å²) in [5.74, 6) is -0.0538. The molecule has 13 heavy (non-hydrogen) atoms. The molecule has 0 saturated heterocycles. The maximum absolute atomic E-state index is 10.6. The molecule has 0 aromatic carbocycles. The molecule has 0 aromatic heterocycles. The quantitative estimate of drug-likeness (QED) is 0.681. The lowest BCUT2D eigenvalue weighted by atomic mass is 10.4. The highest BCUT2D eigenvalue weighted by Crippen LogP contribution is 1.76. The zero-order chi connectivity index (χ0) is 10.7. The van der Waals surface area contributed by atoms with Gasteiger partial charge in [0.05, 0.1) is 0 Å². The van der Waals surface area contributed by atoms with Crippen molar-refractivity contribution in [1.29, 1.82) is 0 Å². The maximum atomic E-state index is 10.6. The minimum absolute atomic E-state index is 0. The van der Waals surface area contributed by atoms with Crippen LogP contribution in [0.3, 0.4) is 0 Å². The normalized spacial score (nSPS) is 9.69. The Kier molecular flexibility index (Phi) is 12.6. The summed E-state index contributed by atoms with van der Waals surface area (Å²) in [5, 5.41) is 2.49. The second kappa shape index (κ2) is 11.2. The fraction of sp³-hybridized carbons (Fsp3) is 0.700. The van der Waals surface area contributed by atoms with Crippen molar-refractivity contribution < 1.29 is 6.22 Å². The summed E-state index contributed by atoms with van der Waals surface area (Å²) >= 11 is 0. The molecule has 0 aliphatic carbocycles. The molecule has 0 bridgehead atoms. The molecule has 0 heterocycles. The summed E-state index contributed by atoms with van der Waals surface area (Å²) in [6.07, 6.45) is 4.60. The number of amides is 1. The van der Waals surface area contributed by atoms with E-state index in [9.17, 15) is 4.79 Å². The average Bonchev–Trinajstić information content (AvgIpc) is 2.05. The molecule has 0 saturated carbocycles. The number of hydrogen-bond acceptors (Lipinski definition) is 2. The third kappa shape index (κ3) is 18.3. The summed E-state index contributed by atoms with van der Waals surface area (Å²) < 4.78 is 0. The molecular weight excluding hydrogens is 164 g/mol. The number of carbonyl (C=O) groups is 1. The van der Waals surface area contributed by atoms with Gasteiger partial charge in [0.25, 0.3) is 0 Å². The first kappa shape index (κ1) is 14.7. The Morgan fingerprint density at radius 1 is 1.46 bits per heavy atom. The fourth-order valence-corrected chi connectivity index (χ4v) is 0.454. The van der Waals surface area contributed by atoms with Gasteiger partial charge < -0.3 is 10.2 Å². The molecule has 0 unspecified atom stereocenters. The van der Waals surface area contributed by atoms with Gasteiger partial charge in [0.15, 0.2) is 0 Å². The van der Waals surface area contributed by atoms with Gasteiger partial charge in [-0.15, -0.1) is 0 Å². The Balaban J connectivity index is -0.000000267. The van der Waals surface area contributed by atoms with Crippen molar-refractivity contribution >= 4 is 5.91 Å². The van der Waals surface area contributed by atoms with Gasteiger partial charge in [-0.2, -0.15) is 0 Å². The number of carbonyl (C=O) groups excluding carboxylic acids is 1.